The van der Waals surface area contributed by atoms with Crippen molar-refractivity contribution in [3.63, 3.8) is 0 Å². The van der Waals surface area contributed by atoms with Gasteiger partial charge in [0.2, 0.25) is 0 Å². The summed E-state index contributed by atoms with van der Waals surface area (Å²) in [5.74, 6) is 0. The molecule has 0 amide bonds. The molecule has 24 heavy (non-hydrogen) atoms. The van der Waals surface area contributed by atoms with Crippen LogP contribution in [0.3, 0.4) is 0 Å². The summed E-state index contributed by atoms with van der Waals surface area (Å²) < 4.78 is 2.82. The molecule has 0 N–H and O–H groups in total. The van der Waals surface area contributed by atoms with Crippen LogP contribution in [0.2, 0.25) is 19.6 Å². The van der Waals surface area contributed by atoms with Crippen LogP contribution in [0.15, 0.2) is 54.7 Å². The fourth-order valence-electron chi connectivity index (χ4n) is 3.30. The van der Waals surface area contributed by atoms with Crippen molar-refractivity contribution in [2.24, 2.45) is 0 Å². The molecular formula is C21H21NSSi. The number of fused-ring (bicyclic) bond motifs is 3. The summed E-state index contributed by atoms with van der Waals surface area (Å²) >= 11 is 1.94. The Balaban J connectivity index is 2.09. The average molecular weight is 348 g/mol. The van der Waals surface area contributed by atoms with Crippen LogP contribution in [0.1, 0.15) is 5.56 Å². The molecule has 4 rings (SSSR count). The maximum Gasteiger partial charge on any atom is 0.0794 e. The highest BCUT2D eigenvalue weighted by atomic mass is 32.1. The number of aryl methyl sites for hydroxylation is 1. The van der Waals surface area contributed by atoms with Gasteiger partial charge in [-0.3, -0.25) is 4.98 Å². The second-order valence-electron chi connectivity index (χ2n) is 7.44. The molecule has 120 valence electrons. The minimum absolute atomic E-state index is 1.07. The lowest BCUT2D eigenvalue weighted by Gasteiger charge is -2.17. The van der Waals surface area contributed by atoms with E-state index in [1.165, 1.54) is 31.3 Å². The van der Waals surface area contributed by atoms with Crippen molar-refractivity contribution in [3.8, 4) is 11.3 Å². The second kappa shape index (κ2) is 5.54. The summed E-state index contributed by atoms with van der Waals surface area (Å²) in [5, 5.41) is 4.31. The van der Waals surface area contributed by atoms with Crippen LogP contribution in [0.4, 0.5) is 0 Å². The first-order valence-corrected chi connectivity index (χ1v) is 12.6. The van der Waals surface area contributed by atoms with E-state index in [1.807, 2.05) is 17.5 Å². The molecule has 0 atom stereocenters. The Bertz CT molecular complexity index is 1060. The van der Waals surface area contributed by atoms with E-state index in [0.29, 0.717) is 0 Å². The molecule has 1 nitrogen and oxygen atoms in total. The molecule has 0 unspecified atom stereocenters. The molecule has 0 spiro atoms. The summed E-state index contributed by atoms with van der Waals surface area (Å²) in [6.45, 7) is 9.40. The highest BCUT2D eigenvalue weighted by Crippen LogP contribution is 2.39. The molecule has 3 heteroatoms. The number of benzene rings is 2. The molecule has 0 aliphatic rings. The summed E-state index contributed by atoms with van der Waals surface area (Å²) in [6, 6.07) is 17.7. The van der Waals surface area contributed by atoms with Gasteiger partial charge < -0.3 is 0 Å². The lowest BCUT2D eigenvalue weighted by molar-refractivity contribution is 1.29. The second-order valence-corrected chi connectivity index (χ2v) is 13.5. The Labute approximate surface area is 148 Å². The van der Waals surface area contributed by atoms with Crippen molar-refractivity contribution < 1.29 is 0 Å². The number of thiophene rings is 1. The molecule has 2 heterocycles. The number of nitrogens with zero attached hydrogens (tertiary/aromatic N) is 1. The fraction of sp³-hybridized carbons (Fsp3) is 0.190. The maximum atomic E-state index is 4.62. The van der Waals surface area contributed by atoms with E-state index in [4.69, 9.17) is 0 Å². The van der Waals surface area contributed by atoms with Crippen molar-refractivity contribution in [2.45, 2.75) is 26.6 Å². The average Bonchev–Trinajstić information content (AvgIpc) is 2.92. The fourth-order valence-corrected chi connectivity index (χ4v) is 7.02. The Morgan fingerprint density at radius 1 is 0.875 bits per heavy atom. The van der Waals surface area contributed by atoms with Gasteiger partial charge in [-0.1, -0.05) is 56.0 Å². The summed E-state index contributed by atoms with van der Waals surface area (Å²) in [6.07, 6.45) is 1.91. The van der Waals surface area contributed by atoms with Crippen LogP contribution in [0, 0.1) is 6.92 Å². The first kappa shape index (κ1) is 15.5. The van der Waals surface area contributed by atoms with Crippen LogP contribution in [-0.4, -0.2) is 13.1 Å². The van der Waals surface area contributed by atoms with E-state index in [-0.39, 0.29) is 0 Å². The monoisotopic (exact) mass is 347 g/mol. The number of pyridine rings is 1. The Morgan fingerprint density at radius 3 is 2.29 bits per heavy atom. The highest BCUT2D eigenvalue weighted by Gasteiger charge is 2.21. The van der Waals surface area contributed by atoms with E-state index < -0.39 is 8.07 Å². The zero-order valence-corrected chi connectivity index (χ0v) is 16.4. The van der Waals surface area contributed by atoms with E-state index >= 15 is 0 Å². The van der Waals surface area contributed by atoms with Gasteiger partial charge in [-0.25, -0.2) is 0 Å². The van der Waals surface area contributed by atoms with Gasteiger partial charge in [0.1, 0.15) is 0 Å². The first-order valence-electron chi connectivity index (χ1n) is 8.33. The van der Waals surface area contributed by atoms with Crippen molar-refractivity contribution in [1.82, 2.24) is 4.98 Å². The number of hydrogen-bond donors (Lipinski definition) is 0. The van der Waals surface area contributed by atoms with Crippen LogP contribution >= 0.6 is 11.3 Å². The Morgan fingerprint density at radius 2 is 1.58 bits per heavy atom. The molecule has 2 aromatic carbocycles. The van der Waals surface area contributed by atoms with Crippen LogP contribution < -0.4 is 5.19 Å². The molecule has 0 aliphatic carbocycles. The summed E-state index contributed by atoms with van der Waals surface area (Å²) in [5.41, 5.74) is 3.57. The molecule has 2 aromatic heterocycles. The third-order valence-corrected chi connectivity index (χ3v) is 8.03. The van der Waals surface area contributed by atoms with E-state index in [9.17, 15) is 0 Å². The van der Waals surface area contributed by atoms with Crippen LogP contribution in [0.5, 0.6) is 0 Å². The van der Waals surface area contributed by atoms with E-state index in [2.05, 4.69) is 80.1 Å². The molecule has 4 aromatic rings. The first-order chi connectivity index (χ1) is 11.4. The van der Waals surface area contributed by atoms with Crippen molar-refractivity contribution in [2.75, 3.05) is 0 Å². The van der Waals surface area contributed by atoms with Crippen molar-refractivity contribution in [1.29, 1.82) is 0 Å². The quantitative estimate of drug-likeness (QED) is 0.407. The predicted octanol–water partition coefficient (Wildman–Crippen LogP) is 5.97. The zero-order valence-electron chi connectivity index (χ0n) is 14.6. The summed E-state index contributed by atoms with van der Waals surface area (Å²) in [7, 11) is -1.37. The Hall–Kier alpha value is -1.97. The molecule has 0 bridgehead atoms. The minimum Gasteiger partial charge on any atom is -0.256 e. The maximum absolute atomic E-state index is 4.62. The smallest absolute Gasteiger partial charge is 0.0794 e. The summed E-state index contributed by atoms with van der Waals surface area (Å²) in [4.78, 5) is 4.62. The SMILES string of the molecule is Cc1ccnc(-c2cccc3c2sc2c([Si](C)(C)C)cccc23)c1. The van der Waals surface area contributed by atoms with E-state index in [0.717, 1.165) is 5.69 Å². The number of hydrogen-bond acceptors (Lipinski definition) is 2. The van der Waals surface area contributed by atoms with Crippen LogP contribution in [0.25, 0.3) is 31.4 Å². The molecular weight excluding hydrogens is 326 g/mol. The van der Waals surface area contributed by atoms with Gasteiger partial charge in [0.15, 0.2) is 0 Å². The van der Waals surface area contributed by atoms with E-state index in [1.54, 1.807) is 5.19 Å². The lowest BCUT2D eigenvalue weighted by atomic mass is 10.1. The predicted molar refractivity (Wildman–Crippen MR) is 110 cm³/mol. The topological polar surface area (TPSA) is 12.9 Å². The van der Waals surface area contributed by atoms with Crippen molar-refractivity contribution in [3.05, 3.63) is 60.3 Å². The molecule has 0 fully saturated rings. The van der Waals surface area contributed by atoms with Gasteiger partial charge >= 0.3 is 0 Å². The molecule has 0 aliphatic heterocycles. The van der Waals surface area contributed by atoms with Gasteiger partial charge in [0.05, 0.1) is 13.8 Å². The van der Waals surface area contributed by atoms with Gasteiger partial charge in [0, 0.05) is 31.9 Å². The number of rotatable bonds is 2. The number of aromatic nitrogens is 1. The van der Waals surface area contributed by atoms with Gasteiger partial charge in [-0.15, -0.1) is 11.3 Å². The third-order valence-electron chi connectivity index (χ3n) is 4.52. The Kier molecular flexibility index (Phi) is 3.59. The normalized spacial score (nSPS) is 12.2. The van der Waals surface area contributed by atoms with Crippen LogP contribution in [-0.2, 0) is 0 Å². The van der Waals surface area contributed by atoms with Gasteiger partial charge in [-0.2, -0.15) is 0 Å². The molecule has 0 saturated heterocycles. The van der Waals surface area contributed by atoms with Crippen molar-refractivity contribution >= 4 is 44.8 Å². The highest BCUT2D eigenvalue weighted by molar-refractivity contribution is 7.28. The molecule has 0 saturated carbocycles. The third kappa shape index (κ3) is 2.48. The minimum atomic E-state index is -1.37. The van der Waals surface area contributed by atoms with Gasteiger partial charge in [0.25, 0.3) is 0 Å². The molecule has 0 radical (unpaired) electrons. The zero-order chi connectivity index (χ0) is 16.9. The largest absolute Gasteiger partial charge is 0.256 e. The lowest BCUT2D eigenvalue weighted by Crippen LogP contribution is -2.37. The standard InChI is InChI=1S/C21H21NSSi/c1-14-11-12-22-18(13-14)17-9-5-7-15-16-8-6-10-19(24(2,3)4)21(16)23-20(15)17/h5-13H,1-4H3. The van der Waals surface area contributed by atoms with Gasteiger partial charge in [-0.05, 0) is 29.8 Å².